The third-order valence-electron chi connectivity index (χ3n) is 6.36. The Morgan fingerprint density at radius 2 is 1.75 bits per heavy atom. The molecule has 3 aliphatic carbocycles. The van der Waals surface area contributed by atoms with E-state index < -0.39 is 0 Å². The van der Waals surface area contributed by atoms with Crippen LogP contribution in [0.1, 0.15) is 50.5 Å². The zero-order valence-corrected chi connectivity index (χ0v) is 14.9. The Hall–Kier alpha value is -1.70. The average Bonchev–Trinajstić information content (AvgIpc) is 3.44. The van der Waals surface area contributed by atoms with Crippen LogP contribution in [0.5, 0.6) is 5.75 Å². The van der Waals surface area contributed by atoms with Gasteiger partial charge in [0.1, 0.15) is 5.75 Å². The number of methoxy groups -OCH3 is 2. The smallest absolute Gasteiger partial charge is 0.122 e. The minimum atomic E-state index is 0.252. The topological polar surface area (TPSA) is 18.5 Å². The molecule has 4 rings (SSSR count). The molecule has 0 amide bonds. The van der Waals surface area contributed by atoms with Gasteiger partial charge in [-0.15, -0.1) is 0 Å². The second kappa shape index (κ2) is 6.31. The quantitative estimate of drug-likeness (QED) is 0.722. The molecule has 2 unspecified atom stereocenters. The van der Waals surface area contributed by atoms with Crippen LogP contribution in [0.4, 0.5) is 0 Å². The summed E-state index contributed by atoms with van der Waals surface area (Å²) in [6, 6.07) is 8.69. The Bertz CT molecular complexity index is 664. The molecule has 0 radical (unpaired) electrons. The van der Waals surface area contributed by atoms with Crippen molar-refractivity contribution in [1.29, 1.82) is 0 Å². The van der Waals surface area contributed by atoms with Gasteiger partial charge in [-0.3, -0.25) is 0 Å². The monoisotopic (exact) mass is 324 g/mol. The lowest BCUT2D eigenvalue weighted by Gasteiger charge is -2.40. The van der Waals surface area contributed by atoms with Crippen LogP contribution in [-0.4, -0.2) is 14.2 Å². The van der Waals surface area contributed by atoms with Crippen LogP contribution in [0.15, 0.2) is 47.7 Å². The van der Waals surface area contributed by atoms with Crippen molar-refractivity contribution >= 4 is 0 Å². The standard InChI is InChI=1S/C22H28O2/c1-23-20-11-10-16(17-14-18(17)20)15-22(12-6-3-7-13-22)19-8-4-5-9-21(19)24-2/h4-5,8-11,17-18H,3,6-7,12-15H2,1-2H3. The Kier molecular flexibility index (Phi) is 4.15. The van der Waals surface area contributed by atoms with Gasteiger partial charge >= 0.3 is 0 Å². The van der Waals surface area contributed by atoms with Crippen LogP contribution in [-0.2, 0) is 10.2 Å². The number of hydrogen-bond donors (Lipinski definition) is 0. The van der Waals surface area contributed by atoms with E-state index in [2.05, 4.69) is 36.4 Å². The Morgan fingerprint density at radius 3 is 2.50 bits per heavy atom. The fourth-order valence-electron chi connectivity index (χ4n) is 5.01. The highest BCUT2D eigenvalue weighted by Crippen LogP contribution is 2.56. The summed E-state index contributed by atoms with van der Waals surface area (Å²) < 4.78 is 11.3. The van der Waals surface area contributed by atoms with E-state index in [0.717, 1.165) is 11.7 Å². The number of ether oxygens (including phenoxy) is 2. The zero-order chi connectivity index (χ0) is 16.6. The molecule has 2 fully saturated rings. The van der Waals surface area contributed by atoms with Gasteiger partial charge in [0.25, 0.3) is 0 Å². The Labute approximate surface area is 145 Å². The van der Waals surface area contributed by atoms with E-state index in [4.69, 9.17) is 9.47 Å². The molecular weight excluding hydrogens is 296 g/mol. The van der Waals surface area contributed by atoms with Gasteiger partial charge in [0.05, 0.1) is 20.0 Å². The fraction of sp³-hybridized carbons (Fsp3) is 0.545. The predicted molar refractivity (Wildman–Crippen MR) is 97.1 cm³/mol. The normalized spacial score (nSPS) is 27.6. The van der Waals surface area contributed by atoms with Crippen LogP contribution < -0.4 is 4.74 Å². The molecule has 0 aliphatic heterocycles. The molecular formula is C22H28O2. The number of para-hydroxylation sites is 1. The molecule has 0 aromatic heterocycles. The number of benzene rings is 1. The summed E-state index contributed by atoms with van der Waals surface area (Å²) in [5, 5.41) is 0. The van der Waals surface area contributed by atoms with E-state index in [-0.39, 0.29) is 5.41 Å². The lowest BCUT2D eigenvalue weighted by atomic mass is 9.65. The van der Waals surface area contributed by atoms with Gasteiger partial charge < -0.3 is 9.47 Å². The molecule has 0 saturated heterocycles. The number of hydrogen-bond acceptors (Lipinski definition) is 2. The maximum Gasteiger partial charge on any atom is 0.122 e. The lowest BCUT2D eigenvalue weighted by molar-refractivity contribution is 0.259. The van der Waals surface area contributed by atoms with E-state index in [1.165, 1.54) is 56.3 Å². The van der Waals surface area contributed by atoms with Crippen molar-refractivity contribution in [3.63, 3.8) is 0 Å². The Balaban J connectivity index is 1.68. The van der Waals surface area contributed by atoms with Gasteiger partial charge in [-0.25, -0.2) is 0 Å². The van der Waals surface area contributed by atoms with Gasteiger partial charge in [-0.2, -0.15) is 0 Å². The van der Waals surface area contributed by atoms with Crippen molar-refractivity contribution in [3.05, 3.63) is 53.3 Å². The first-order valence-electron chi connectivity index (χ1n) is 9.35. The zero-order valence-electron chi connectivity index (χ0n) is 14.9. The number of rotatable bonds is 5. The van der Waals surface area contributed by atoms with E-state index in [1.54, 1.807) is 19.8 Å². The summed E-state index contributed by atoms with van der Waals surface area (Å²) in [5.74, 6) is 3.61. The van der Waals surface area contributed by atoms with Crippen molar-refractivity contribution in [1.82, 2.24) is 0 Å². The van der Waals surface area contributed by atoms with E-state index in [9.17, 15) is 0 Å². The van der Waals surface area contributed by atoms with Crippen molar-refractivity contribution in [2.75, 3.05) is 14.2 Å². The Morgan fingerprint density at radius 1 is 0.958 bits per heavy atom. The molecule has 0 bridgehead atoms. The first-order valence-corrected chi connectivity index (χ1v) is 9.35. The van der Waals surface area contributed by atoms with Crippen molar-refractivity contribution < 1.29 is 9.47 Å². The molecule has 24 heavy (non-hydrogen) atoms. The number of fused-ring (bicyclic) bond motifs is 1. The summed E-state index contributed by atoms with van der Waals surface area (Å²) in [4.78, 5) is 0. The molecule has 1 aromatic carbocycles. The minimum Gasteiger partial charge on any atom is -0.501 e. The molecule has 1 aromatic rings. The molecule has 2 nitrogen and oxygen atoms in total. The van der Waals surface area contributed by atoms with Crippen LogP contribution in [0, 0.1) is 11.8 Å². The van der Waals surface area contributed by atoms with Gasteiger partial charge in [0.2, 0.25) is 0 Å². The van der Waals surface area contributed by atoms with Crippen LogP contribution in [0.25, 0.3) is 0 Å². The van der Waals surface area contributed by atoms with Crippen molar-refractivity contribution in [2.24, 2.45) is 11.8 Å². The largest absolute Gasteiger partial charge is 0.501 e. The van der Waals surface area contributed by atoms with Crippen LogP contribution in [0.3, 0.4) is 0 Å². The molecule has 3 aliphatic rings. The van der Waals surface area contributed by atoms with Crippen LogP contribution >= 0.6 is 0 Å². The summed E-state index contributed by atoms with van der Waals surface area (Å²) in [6.45, 7) is 0. The average molecular weight is 324 g/mol. The molecule has 2 atom stereocenters. The van der Waals surface area contributed by atoms with Gasteiger partial charge in [0, 0.05) is 16.9 Å². The summed E-state index contributed by atoms with van der Waals surface area (Å²) in [7, 11) is 3.61. The molecule has 128 valence electrons. The summed E-state index contributed by atoms with van der Waals surface area (Å²) in [5.41, 5.74) is 3.31. The number of allylic oxidation sites excluding steroid dienone is 4. The van der Waals surface area contributed by atoms with Gasteiger partial charge in [0.15, 0.2) is 0 Å². The van der Waals surface area contributed by atoms with E-state index in [1.807, 2.05) is 0 Å². The SMILES string of the molecule is COC1=CC=C(CC2(c3ccccc3OC)CCCCC2)C2CC12. The highest BCUT2D eigenvalue weighted by atomic mass is 16.5. The molecule has 2 saturated carbocycles. The first-order chi connectivity index (χ1) is 11.8. The van der Waals surface area contributed by atoms with E-state index >= 15 is 0 Å². The first kappa shape index (κ1) is 15.8. The summed E-state index contributed by atoms with van der Waals surface area (Å²) >= 11 is 0. The maximum absolute atomic E-state index is 5.73. The van der Waals surface area contributed by atoms with Crippen molar-refractivity contribution in [2.45, 2.75) is 50.4 Å². The third-order valence-corrected chi connectivity index (χ3v) is 6.36. The summed E-state index contributed by atoms with van der Waals surface area (Å²) in [6.07, 6.45) is 13.6. The third kappa shape index (κ3) is 2.66. The van der Waals surface area contributed by atoms with Gasteiger partial charge in [-0.1, -0.05) is 49.1 Å². The minimum absolute atomic E-state index is 0.252. The van der Waals surface area contributed by atoms with Crippen molar-refractivity contribution in [3.8, 4) is 5.75 Å². The molecule has 0 N–H and O–H groups in total. The highest BCUT2D eigenvalue weighted by molar-refractivity contribution is 5.43. The fourth-order valence-corrected chi connectivity index (χ4v) is 5.01. The molecule has 0 heterocycles. The molecule has 2 heteroatoms. The second-order valence-electron chi connectivity index (χ2n) is 7.68. The van der Waals surface area contributed by atoms with Crippen LogP contribution in [0.2, 0.25) is 0 Å². The predicted octanol–water partition coefficient (Wildman–Crippen LogP) is 5.39. The van der Waals surface area contributed by atoms with Gasteiger partial charge in [-0.05, 0) is 43.7 Å². The van der Waals surface area contributed by atoms with E-state index in [0.29, 0.717) is 5.92 Å². The molecule has 0 spiro atoms. The lowest BCUT2D eigenvalue weighted by Crippen LogP contribution is -2.30. The highest BCUT2D eigenvalue weighted by Gasteiger charge is 2.47. The maximum atomic E-state index is 5.73. The second-order valence-corrected chi connectivity index (χ2v) is 7.68.